The molecule has 0 N–H and O–H groups in total. The van der Waals surface area contributed by atoms with Gasteiger partial charge in [-0.25, -0.2) is 4.98 Å². The molecule has 0 bridgehead atoms. The molecule has 9 heteroatoms. The summed E-state index contributed by atoms with van der Waals surface area (Å²) in [6.45, 7) is -1.13. The third-order valence-electron chi connectivity index (χ3n) is 4.60. The molecule has 0 aliphatic heterocycles. The molecule has 0 radical (unpaired) electrons. The van der Waals surface area contributed by atoms with Gasteiger partial charge in [-0.05, 0) is 23.3 Å². The Hall–Kier alpha value is -2.45. The standard InChI is InChI=1S/C22H21ClF3N3OS/c1-28(13-19-27-11-12-29(19)15-22(24,25)26)20(30)14-31-21(16-5-3-2-4-6-16)17-7-9-18(23)10-8-17/h2-12,21H,13-15H2,1H3. The summed E-state index contributed by atoms with van der Waals surface area (Å²) >= 11 is 7.46. The van der Waals surface area contributed by atoms with E-state index in [0.717, 1.165) is 15.7 Å². The average Bonchev–Trinajstić information content (AvgIpc) is 3.14. The highest BCUT2D eigenvalue weighted by molar-refractivity contribution is 8.00. The molecule has 0 saturated carbocycles. The molecule has 1 unspecified atom stereocenters. The molecule has 31 heavy (non-hydrogen) atoms. The van der Waals surface area contributed by atoms with Gasteiger partial charge in [0.15, 0.2) is 0 Å². The normalized spacial score (nSPS) is 12.5. The van der Waals surface area contributed by atoms with Crippen LogP contribution < -0.4 is 0 Å². The smallest absolute Gasteiger partial charge is 0.338 e. The fourth-order valence-corrected chi connectivity index (χ4v) is 4.40. The second-order valence-corrected chi connectivity index (χ2v) is 8.52. The van der Waals surface area contributed by atoms with Gasteiger partial charge >= 0.3 is 6.18 Å². The van der Waals surface area contributed by atoms with Gasteiger partial charge in [-0.3, -0.25) is 4.79 Å². The Kier molecular flexibility index (Phi) is 7.67. The Balaban J connectivity index is 1.67. The Bertz CT molecular complexity index is 993. The maximum atomic E-state index is 12.7. The van der Waals surface area contributed by atoms with Crippen LogP contribution in [0.2, 0.25) is 5.02 Å². The first-order valence-electron chi connectivity index (χ1n) is 9.45. The number of thioether (sulfide) groups is 1. The Morgan fingerprint density at radius 2 is 1.77 bits per heavy atom. The van der Waals surface area contributed by atoms with Gasteiger partial charge in [0.1, 0.15) is 12.4 Å². The molecule has 1 heterocycles. The van der Waals surface area contributed by atoms with Gasteiger partial charge in [0, 0.05) is 24.5 Å². The molecule has 0 spiro atoms. The lowest BCUT2D eigenvalue weighted by Gasteiger charge is -2.21. The number of benzene rings is 2. The van der Waals surface area contributed by atoms with E-state index in [-0.39, 0.29) is 29.3 Å². The van der Waals surface area contributed by atoms with Crippen molar-refractivity contribution in [1.82, 2.24) is 14.5 Å². The predicted octanol–water partition coefficient (Wildman–Crippen LogP) is 5.58. The average molecular weight is 468 g/mol. The van der Waals surface area contributed by atoms with E-state index in [1.165, 1.54) is 29.1 Å². The zero-order chi connectivity index (χ0) is 22.4. The first-order valence-corrected chi connectivity index (χ1v) is 10.9. The van der Waals surface area contributed by atoms with Crippen molar-refractivity contribution in [1.29, 1.82) is 0 Å². The molecular weight excluding hydrogens is 447 g/mol. The first-order chi connectivity index (χ1) is 14.7. The van der Waals surface area contributed by atoms with E-state index in [1.807, 2.05) is 54.6 Å². The van der Waals surface area contributed by atoms with Gasteiger partial charge in [0.25, 0.3) is 0 Å². The quantitative estimate of drug-likeness (QED) is 0.434. The summed E-state index contributed by atoms with van der Waals surface area (Å²) in [4.78, 5) is 18.1. The van der Waals surface area contributed by atoms with Gasteiger partial charge in [-0.1, -0.05) is 54.1 Å². The van der Waals surface area contributed by atoms with Crippen molar-refractivity contribution in [3.8, 4) is 0 Å². The van der Waals surface area contributed by atoms with E-state index in [2.05, 4.69) is 4.98 Å². The number of amides is 1. The van der Waals surface area contributed by atoms with E-state index >= 15 is 0 Å². The maximum absolute atomic E-state index is 12.7. The second kappa shape index (κ2) is 10.2. The lowest BCUT2D eigenvalue weighted by molar-refractivity contribution is -0.141. The summed E-state index contributed by atoms with van der Waals surface area (Å²) in [6.07, 6.45) is -1.78. The second-order valence-electron chi connectivity index (χ2n) is 6.99. The van der Waals surface area contributed by atoms with Crippen LogP contribution in [0.3, 0.4) is 0 Å². The van der Waals surface area contributed by atoms with Crippen molar-refractivity contribution >= 4 is 29.3 Å². The number of carbonyl (C=O) groups is 1. The van der Waals surface area contributed by atoms with Crippen molar-refractivity contribution in [3.63, 3.8) is 0 Å². The number of imidazole rings is 1. The van der Waals surface area contributed by atoms with Gasteiger partial charge in [-0.15, -0.1) is 11.8 Å². The highest BCUT2D eigenvalue weighted by Crippen LogP contribution is 2.36. The highest BCUT2D eigenvalue weighted by atomic mass is 35.5. The minimum atomic E-state index is -4.35. The maximum Gasteiger partial charge on any atom is 0.406 e. The van der Waals surface area contributed by atoms with Gasteiger partial charge in [0.2, 0.25) is 5.91 Å². The Morgan fingerprint density at radius 3 is 2.42 bits per heavy atom. The largest absolute Gasteiger partial charge is 0.406 e. The van der Waals surface area contributed by atoms with Crippen LogP contribution in [-0.4, -0.2) is 39.3 Å². The van der Waals surface area contributed by atoms with E-state index in [4.69, 9.17) is 11.6 Å². The van der Waals surface area contributed by atoms with E-state index in [9.17, 15) is 18.0 Å². The molecule has 3 aromatic rings. The molecule has 0 fully saturated rings. The number of rotatable bonds is 8. The van der Waals surface area contributed by atoms with Crippen LogP contribution in [0, 0.1) is 0 Å². The van der Waals surface area contributed by atoms with Crippen LogP contribution >= 0.6 is 23.4 Å². The molecule has 4 nitrogen and oxygen atoms in total. The monoisotopic (exact) mass is 467 g/mol. The molecule has 3 rings (SSSR count). The number of halogens is 4. The zero-order valence-corrected chi connectivity index (χ0v) is 18.3. The summed E-state index contributed by atoms with van der Waals surface area (Å²) in [5.41, 5.74) is 2.06. The molecule has 2 aromatic carbocycles. The van der Waals surface area contributed by atoms with E-state index in [0.29, 0.717) is 5.02 Å². The van der Waals surface area contributed by atoms with Crippen molar-refractivity contribution in [2.45, 2.75) is 24.5 Å². The molecule has 1 amide bonds. The topological polar surface area (TPSA) is 38.1 Å². The van der Waals surface area contributed by atoms with Gasteiger partial charge in [0.05, 0.1) is 17.5 Å². The summed E-state index contributed by atoms with van der Waals surface area (Å²) in [6, 6.07) is 17.3. The van der Waals surface area contributed by atoms with Crippen molar-refractivity contribution in [2.75, 3.05) is 12.8 Å². The summed E-state index contributed by atoms with van der Waals surface area (Å²) < 4.78 is 39.1. The first kappa shape index (κ1) is 23.2. The van der Waals surface area contributed by atoms with Gasteiger partial charge in [-0.2, -0.15) is 13.2 Å². The molecule has 164 valence electrons. The van der Waals surface area contributed by atoms with Crippen LogP contribution in [0.5, 0.6) is 0 Å². The molecule has 0 saturated heterocycles. The summed E-state index contributed by atoms with van der Waals surface area (Å²) in [5, 5.41) is 0.550. The number of nitrogens with zero attached hydrogens (tertiary/aromatic N) is 3. The zero-order valence-electron chi connectivity index (χ0n) is 16.7. The predicted molar refractivity (Wildman–Crippen MR) is 117 cm³/mol. The van der Waals surface area contributed by atoms with Crippen LogP contribution in [0.15, 0.2) is 67.0 Å². The lowest BCUT2D eigenvalue weighted by Crippen LogP contribution is -2.30. The fraction of sp³-hybridized carbons (Fsp3) is 0.273. The van der Waals surface area contributed by atoms with Crippen LogP contribution in [0.1, 0.15) is 22.2 Å². The third kappa shape index (κ3) is 6.77. The molecule has 0 aliphatic rings. The van der Waals surface area contributed by atoms with Crippen molar-refractivity contribution < 1.29 is 18.0 Å². The number of hydrogen-bond donors (Lipinski definition) is 0. The number of aromatic nitrogens is 2. The van der Waals surface area contributed by atoms with Crippen molar-refractivity contribution in [3.05, 3.63) is 89.0 Å². The Labute approximate surface area is 188 Å². The van der Waals surface area contributed by atoms with Crippen LogP contribution in [0.25, 0.3) is 0 Å². The minimum Gasteiger partial charge on any atom is -0.338 e. The number of hydrogen-bond acceptors (Lipinski definition) is 3. The van der Waals surface area contributed by atoms with E-state index in [1.54, 1.807) is 7.05 Å². The fourth-order valence-electron chi connectivity index (χ4n) is 3.04. The van der Waals surface area contributed by atoms with E-state index < -0.39 is 12.7 Å². The highest BCUT2D eigenvalue weighted by Gasteiger charge is 2.29. The SMILES string of the molecule is CN(Cc1nccn1CC(F)(F)F)C(=O)CSC(c1ccccc1)c1ccc(Cl)cc1. The Morgan fingerprint density at radius 1 is 1.13 bits per heavy atom. The summed E-state index contributed by atoms with van der Waals surface area (Å²) in [7, 11) is 1.56. The van der Waals surface area contributed by atoms with Crippen LogP contribution in [0.4, 0.5) is 13.2 Å². The number of carbonyl (C=O) groups excluding carboxylic acids is 1. The molecule has 1 aromatic heterocycles. The van der Waals surface area contributed by atoms with Gasteiger partial charge < -0.3 is 9.47 Å². The van der Waals surface area contributed by atoms with Crippen molar-refractivity contribution in [2.24, 2.45) is 0 Å². The molecule has 1 atom stereocenters. The molecular formula is C22H21ClF3N3OS. The summed E-state index contributed by atoms with van der Waals surface area (Å²) in [5.74, 6) is 0.163. The molecule has 0 aliphatic carbocycles. The number of alkyl halides is 3. The third-order valence-corrected chi connectivity index (χ3v) is 6.15. The van der Waals surface area contributed by atoms with Crippen LogP contribution in [-0.2, 0) is 17.9 Å². The minimum absolute atomic E-state index is 0.000574. The lowest BCUT2D eigenvalue weighted by atomic mass is 10.0.